The number of halogens is 1. The Labute approximate surface area is 104 Å². The average molecular weight is 237 g/mol. The van der Waals surface area contributed by atoms with E-state index < -0.39 is 0 Å². The molecule has 17 heavy (non-hydrogen) atoms. The molecule has 2 heteroatoms. The maximum absolute atomic E-state index is 13.6. The summed E-state index contributed by atoms with van der Waals surface area (Å²) in [6, 6.07) is 1.59. The lowest BCUT2D eigenvalue weighted by Gasteiger charge is -2.28. The summed E-state index contributed by atoms with van der Waals surface area (Å²) in [6.07, 6.45) is 0. The van der Waals surface area contributed by atoms with Crippen LogP contribution >= 0.6 is 0 Å². The summed E-state index contributed by atoms with van der Waals surface area (Å²) in [5.74, 6) is 0.210. The van der Waals surface area contributed by atoms with Gasteiger partial charge in [0.05, 0.1) is 5.69 Å². The van der Waals surface area contributed by atoms with Crippen LogP contribution in [0.3, 0.4) is 0 Å². The monoisotopic (exact) mass is 237 g/mol. The second-order valence-electron chi connectivity index (χ2n) is 6.35. The van der Waals surface area contributed by atoms with Gasteiger partial charge in [-0.25, -0.2) is 4.98 Å². The van der Waals surface area contributed by atoms with Crippen LogP contribution in [0.25, 0.3) is 0 Å². The van der Waals surface area contributed by atoms with E-state index in [1.165, 1.54) is 5.56 Å². The first kappa shape index (κ1) is 14.1. The smallest absolute Gasteiger partial charge is 0.213 e. The zero-order chi connectivity index (χ0) is 13.4. The first-order valence-corrected chi connectivity index (χ1v) is 6.35. The van der Waals surface area contributed by atoms with Gasteiger partial charge >= 0.3 is 0 Å². The predicted octanol–water partition coefficient (Wildman–Crippen LogP) is 4.77. The molecule has 96 valence electrons. The summed E-state index contributed by atoms with van der Waals surface area (Å²) in [5.41, 5.74) is 3.21. The molecular formula is C15H24FN. The summed E-state index contributed by atoms with van der Waals surface area (Å²) in [4.78, 5) is 4.12. The van der Waals surface area contributed by atoms with Crippen LogP contribution in [0, 0.1) is 5.95 Å². The van der Waals surface area contributed by atoms with Crippen LogP contribution in [0.15, 0.2) is 6.07 Å². The minimum Gasteiger partial charge on any atom is -0.224 e. The summed E-state index contributed by atoms with van der Waals surface area (Å²) >= 11 is 0. The predicted molar refractivity (Wildman–Crippen MR) is 71.1 cm³/mol. The third-order valence-electron chi connectivity index (χ3n) is 2.97. The fraction of sp³-hybridized carbons (Fsp3) is 0.667. The maximum atomic E-state index is 13.6. The van der Waals surface area contributed by atoms with E-state index in [0.29, 0.717) is 5.92 Å². The van der Waals surface area contributed by atoms with Crippen molar-refractivity contribution in [2.75, 3.05) is 0 Å². The van der Waals surface area contributed by atoms with E-state index in [-0.39, 0.29) is 17.3 Å². The van der Waals surface area contributed by atoms with Crippen molar-refractivity contribution in [1.82, 2.24) is 4.98 Å². The number of hydrogen-bond donors (Lipinski definition) is 0. The van der Waals surface area contributed by atoms with Crippen LogP contribution in [0.4, 0.5) is 4.39 Å². The van der Waals surface area contributed by atoms with Crippen molar-refractivity contribution >= 4 is 0 Å². The van der Waals surface area contributed by atoms with Gasteiger partial charge in [0.2, 0.25) is 5.95 Å². The molecule has 1 nitrogen and oxygen atoms in total. The number of pyridine rings is 1. The van der Waals surface area contributed by atoms with Crippen LogP contribution in [-0.2, 0) is 5.41 Å². The topological polar surface area (TPSA) is 12.9 Å². The van der Waals surface area contributed by atoms with Crippen LogP contribution < -0.4 is 0 Å². The molecule has 0 radical (unpaired) electrons. The molecule has 0 N–H and O–H groups in total. The molecule has 0 bridgehead atoms. The van der Waals surface area contributed by atoms with E-state index in [2.05, 4.69) is 53.5 Å². The molecule has 0 spiro atoms. The van der Waals surface area contributed by atoms with Gasteiger partial charge < -0.3 is 0 Å². The van der Waals surface area contributed by atoms with Gasteiger partial charge in [-0.2, -0.15) is 4.39 Å². The maximum Gasteiger partial charge on any atom is 0.213 e. The molecule has 0 unspecified atom stereocenters. The van der Waals surface area contributed by atoms with Crippen molar-refractivity contribution in [3.05, 3.63) is 28.8 Å². The molecule has 1 aromatic rings. The lowest BCUT2D eigenvalue weighted by atomic mass is 9.78. The lowest BCUT2D eigenvalue weighted by Crippen LogP contribution is -2.20. The Morgan fingerprint density at radius 1 is 1.06 bits per heavy atom. The molecule has 0 aliphatic carbocycles. The Hall–Kier alpha value is -0.920. The summed E-state index contributed by atoms with van der Waals surface area (Å²) < 4.78 is 13.6. The van der Waals surface area contributed by atoms with E-state index in [1.54, 1.807) is 6.07 Å². The zero-order valence-electron chi connectivity index (χ0n) is 12.1. The van der Waals surface area contributed by atoms with Crippen molar-refractivity contribution in [2.45, 2.75) is 65.7 Å². The molecular weight excluding hydrogens is 213 g/mol. The summed E-state index contributed by atoms with van der Waals surface area (Å²) in [6.45, 7) is 14.9. The quantitative estimate of drug-likeness (QED) is 0.675. The molecule has 0 fully saturated rings. The molecule has 0 saturated carbocycles. The Kier molecular flexibility index (Phi) is 3.95. The molecule has 0 amide bonds. The van der Waals surface area contributed by atoms with Gasteiger partial charge in [-0.05, 0) is 34.4 Å². The Balaban J connectivity index is 3.60. The van der Waals surface area contributed by atoms with Gasteiger partial charge in [-0.15, -0.1) is 0 Å². The highest BCUT2D eigenvalue weighted by molar-refractivity contribution is 5.39. The van der Waals surface area contributed by atoms with E-state index >= 15 is 0 Å². The summed E-state index contributed by atoms with van der Waals surface area (Å²) in [5, 5.41) is 0. The van der Waals surface area contributed by atoms with Crippen molar-refractivity contribution in [3.63, 3.8) is 0 Å². The summed E-state index contributed by atoms with van der Waals surface area (Å²) in [7, 11) is 0. The van der Waals surface area contributed by atoms with Gasteiger partial charge in [0, 0.05) is 0 Å². The van der Waals surface area contributed by atoms with E-state index in [4.69, 9.17) is 0 Å². The third-order valence-corrected chi connectivity index (χ3v) is 2.97. The van der Waals surface area contributed by atoms with Gasteiger partial charge in [-0.1, -0.05) is 48.5 Å². The fourth-order valence-electron chi connectivity index (χ4n) is 2.24. The second-order valence-corrected chi connectivity index (χ2v) is 6.35. The molecule has 0 atom stereocenters. The number of hydrogen-bond acceptors (Lipinski definition) is 1. The van der Waals surface area contributed by atoms with E-state index in [0.717, 1.165) is 11.3 Å². The lowest BCUT2D eigenvalue weighted by molar-refractivity contribution is 0.524. The highest BCUT2D eigenvalue weighted by Crippen LogP contribution is 2.35. The van der Waals surface area contributed by atoms with Crippen molar-refractivity contribution in [2.24, 2.45) is 0 Å². The number of nitrogens with zero attached hydrogens (tertiary/aromatic N) is 1. The number of rotatable bonds is 2. The molecule has 0 saturated heterocycles. The first-order chi connectivity index (χ1) is 7.64. The Morgan fingerprint density at radius 3 is 1.94 bits per heavy atom. The van der Waals surface area contributed by atoms with Gasteiger partial charge in [0.1, 0.15) is 0 Å². The van der Waals surface area contributed by atoms with Crippen molar-refractivity contribution < 1.29 is 4.39 Å². The highest BCUT2D eigenvalue weighted by atomic mass is 19.1. The largest absolute Gasteiger partial charge is 0.224 e. The van der Waals surface area contributed by atoms with E-state index in [1.807, 2.05) is 0 Å². The minimum absolute atomic E-state index is 0.0000926. The Morgan fingerprint density at radius 2 is 1.59 bits per heavy atom. The second kappa shape index (κ2) is 4.75. The molecule has 1 heterocycles. The fourth-order valence-corrected chi connectivity index (χ4v) is 2.24. The van der Waals surface area contributed by atoms with Gasteiger partial charge in [0.25, 0.3) is 0 Å². The van der Waals surface area contributed by atoms with Gasteiger partial charge in [0.15, 0.2) is 0 Å². The van der Waals surface area contributed by atoms with Crippen LogP contribution in [0.5, 0.6) is 0 Å². The van der Waals surface area contributed by atoms with Crippen LogP contribution in [0.2, 0.25) is 0 Å². The highest BCUT2D eigenvalue weighted by Gasteiger charge is 2.26. The zero-order valence-corrected chi connectivity index (χ0v) is 12.1. The van der Waals surface area contributed by atoms with E-state index in [9.17, 15) is 4.39 Å². The molecule has 1 aromatic heterocycles. The molecule has 0 aromatic carbocycles. The normalized spacial score (nSPS) is 12.6. The number of aromatic nitrogens is 1. The minimum atomic E-state index is -0.356. The molecule has 1 rings (SSSR count). The van der Waals surface area contributed by atoms with Crippen molar-refractivity contribution in [3.8, 4) is 0 Å². The van der Waals surface area contributed by atoms with Gasteiger partial charge in [-0.3, -0.25) is 0 Å². The standard InChI is InChI=1S/C15H24FN/c1-9(2)11-8-12(16)17-14(10(3)4)13(11)15(5,6)7/h8-10H,1-7H3. The SMILES string of the molecule is CC(C)c1cc(F)nc(C(C)C)c1C(C)(C)C. The molecule has 0 aliphatic heterocycles. The van der Waals surface area contributed by atoms with Crippen molar-refractivity contribution in [1.29, 1.82) is 0 Å². The Bertz CT molecular complexity index is 371. The van der Waals surface area contributed by atoms with Crippen LogP contribution in [-0.4, -0.2) is 4.98 Å². The molecule has 0 aliphatic rings. The van der Waals surface area contributed by atoms with Crippen LogP contribution in [0.1, 0.15) is 77.1 Å². The first-order valence-electron chi connectivity index (χ1n) is 6.35. The third kappa shape index (κ3) is 3.05. The average Bonchev–Trinajstić information content (AvgIpc) is 2.14.